The fraction of sp³-hybridized carbons (Fsp3) is 0.429. The molecule has 0 spiro atoms. The number of hydrogen-bond acceptors (Lipinski definition) is 7. The Morgan fingerprint density at radius 3 is 2.86 bits per heavy atom. The molecule has 0 atom stereocenters. The molecule has 0 saturated heterocycles. The van der Waals surface area contributed by atoms with Gasteiger partial charge in [0.15, 0.2) is 5.82 Å². The van der Waals surface area contributed by atoms with Crippen LogP contribution in [0.4, 0.5) is 11.8 Å². The molecule has 2 rings (SSSR count). The average Bonchev–Trinajstić information content (AvgIpc) is 2.51. The Balaban J connectivity index is 1.80. The van der Waals surface area contributed by atoms with Crippen molar-refractivity contribution in [3.63, 3.8) is 0 Å². The van der Waals surface area contributed by atoms with Crippen molar-refractivity contribution in [2.24, 2.45) is 0 Å². The predicted octanol–water partition coefficient (Wildman–Crippen LogP) is 1.24. The SMILES string of the molecule is CN(C)CCCNc1cnnc(NCc2cccnc2)n1. The molecule has 2 aromatic heterocycles. The summed E-state index contributed by atoms with van der Waals surface area (Å²) in [6, 6.07) is 3.90. The van der Waals surface area contributed by atoms with Crippen LogP contribution in [-0.2, 0) is 6.54 Å². The highest BCUT2D eigenvalue weighted by atomic mass is 15.3. The van der Waals surface area contributed by atoms with E-state index in [1.165, 1.54) is 0 Å². The minimum Gasteiger partial charge on any atom is -0.369 e. The van der Waals surface area contributed by atoms with Gasteiger partial charge in [-0.15, -0.1) is 5.10 Å². The van der Waals surface area contributed by atoms with Crippen molar-refractivity contribution in [3.05, 3.63) is 36.3 Å². The first-order valence-corrected chi connectivity index (χ1v) is 6.95. The Hall–Kier alpha value is -2.28. The van der Waals surface area contributed by atoms with Crippen LogP contribution in [0.1, 0.15) is 12.0 Å². The Bertz CT molecular complexity index is 530. The van der Waals surface area contributed by atoms with E-state index in [1.54, 1.807) is 12.4 Å². The Morgan fingerprint density at radius 2 is 2.10 bits per heavy atom. The van der Waals surface area contributed by atoms with Gasteiger partial charge in [0.25, 0.3) is 0 Å². The molecule has 112 valence electrons. The van der Waals surface area contributed by atoms with Crippen LogP contribution < -0.4 is 10.6 Å². The normalized spacial score (nSPS) is 10.6. The van der Waals surface area contributed by atoms with Crippen LogP contribution in [0.3, 0.4) is 0 Å². The minimum atomic E-state index is 0.511. The molecule has 21 heavy (non-hydrogen) atoms. The lowest BCUT2D eigenvalue weighted by molar-refractivity contribution is 0.405. The Kier molecular flexibility index (Phi) is 5.83. The summed E-state index contributed by atoms with van der Waals surface area (Å²) in [6.07, 6.45) is 6.24. The van der Waals surface area contributed by atoms with Gasteiger partial charge in [-0.3, -0.25) is 4.98 Å². The van der Waals surface area contributed by atoms with Gasteiger partial charge < -0.3 is 15.5 Å². The minimum absolute atomic E-state index is 0.511. The molecule has 7 nitrogen and oxygen atoms in total. The van der Waals surface area contributed by atoms with Crippen molar-refractivity contribution in [2.75, 3.05) is 37.8 Å². The molecule has 0 radical (unpaired) electrons. The van der Waals surface area contributed by atoms with Gasteiger partial charge in [0.2, 0.25) is 5.95 Å². The standard InChI is InChI=1S/C14H21N7/c1-21(2)8-4-7-16-13-11-18-20-14(19-13)17-10-12-5-3-6-15-9-12/h3,5-6,9,11H,4,7-8,10H2,1-2H3,(H2,16,17,19,20). The van der Waals surface area contributed by atoms with E-state index in [0.717, 1.165) is 30.9 Å². The molecule has 0 aliphatic rings. The molecule has 0 aliphatic heterocycles. The van der Waals surface area contributed by atoms with Crippen LogP contribution in [-0.4, -0.2) is 52.3 Å². The zero-order valence-corrected chi connectivity index (χ0v) is 12.5. The molecule has 0 amide bonds. The summed E-state index contributed by atoms with van der Waals surface area (Å²) in [5.74, 6) is 1.24. The summed E-state index contributed by atoms with van der Waals surface area (Å²) >= 11 is 0. The van der Waals surface area contributed by atoms with Crippen LogP contribution in [0.25, 0.3) is 0 Å². The van der Waals surface area contributed by atoms with Gasteiger partial charge in [-0.1, -0.05) is 6.07 Å². The topological polar surface area (TPSA) is 78.9 Å². The first kappa shape index (κ1) is 15.1. The maximum Gasteiger partial charge on any atom is 0.244 e. The van der Waals surface area contributed by atoms with Gasteiger partial charge in [-0.2, -0.15) is 10.1 Å². The largest absolute Gasteiger partial charge is 0.369 e. The summed E-state index contributed by atoms with van der Waals surface area (Å²) in [5, 5.41) is 14.3. The highest BCUT2D eigenvalue weighted by Crippen LogP contribution is 2.05. The zero-order chi connectivity index (χ0) is 14.9. The van der Waals surface area contributed by atoms with Crippen molar-refractivity contribution in [3.8, 4) is 0 Å². The highest BCUT2D eigenvalue weighted by molar-refractivity contribution is 5.37. The second-order valence-corrected chi connectivity index (χ2v) is 4.96. The lowest BCUT2D eigenvalue weighted by Gasteiger charge is -2.10. The second-order valence-electron chi connectivity index (χ2n) is 4.96. The molecule has 0 bridgehead atoms. The summed E-state index contributed by atoms with van der Waals surface area (Å²) in [7, 11) is 4.12. The summed E-state index contributed by atoms with van der Waals surface area (Å²) < 4.78 is 0. The van der Waals surface area contributed by atoms with Crippen molar-refractivity contribution < 1.29 is 0 Å². The van der Waals surface area contributed by atoms with Gasteiger partial charge in [-0.05, 0) is 38.7 Å². The van der Waals surface area contributed by atoms with Crippen LogP contribution >= 0.6 is 0 Å². The number of anilines is 2. The van der Waals surface area contributed by atoms with Gasteiger partial charge >= 0.3 is 0 Å². The maximum absolute atomic E-state index is 4.37. The number of nitrogens with zero attached hydrogens (tertiary/aromatic N) is 5. The van der Waals surface area contributed by atoms with E-state index in [9.17, 15) is 0 Å². The van der Waals surface area contributed by atoms with E-state index in [1.807, 2.05) is 18.3 Å². The first-order chi connectivity index (χ1) is 10.2. The van der Waals surface area contributed by atoms with Gasteiger partial charge in [0.05, 0.1) is 6.20 Å². The van der Waals surface area contributed by atoms with Crippen LogP contribution in [0.2, 0.25) is 0 Å². The molecule has 2 N–H and O–H groups in total. The Morgan fingerprint density at radius 1 is 1.19 bits per heavy atom. The molecule has 0 unspecified atom stereocenters. The second kappa shape index (κ2) is 8.11. The van der Waals surface area contributed by atoms with E-state index < -0.39 is 0 Å². The first-order valence-electron chi connectivity index (χ1n) is 6.95. The zero-order valence-electron chi connectivity index (χ0n) is 12.5. The maximum atomic E-state index is 4.37. The third-order valence-electron chi connectivity index (χ3n) is 2.82. The van der Waals surface area contributed by atoms with E-state index in [-0.39, 0.29) is 0 Å². The summed E-state index contributed by atoms with van der Waals surface area (Å²) in [6.45, 7) is 2.52. The molecule has 0 aromatic carbocycles. The smallest absolute Gasteiger partial charge is 0.244 e. The Labute approximate surface area is 124 Å². The summed E-state index contributed by atoms with van der Waals surface area (Å²) in [4.78, 5) is 10.6. The highest BCUT2D eigenvalue weighted by Gasteiger charge is 2.00. The number of pyridine rings is 1. The van der Waals surface area contributed by atoms with Crippen molar-refractivity contribution in [1.82, 2.24) is 25.1 Å². The summed E-state index contributed by atoms with van der Waals surface area (Å²) in [5.41, 5.74) is 1.07. The molecular weight excluding hydrogens is 266 g/mol. The van der Waals surface area contributed by atoms with Gasteiger partial charge in [0.1, 0.15) is 0 Å². The number of rotatable bonds is 8. The average molecular weight is 287 g/mol. The van der Waals surface area contributed by atoms with Crippen molar-refractivity contribution in [2.45, 2.75) is 13.0 Å². The third-order valence-corrected chi connectivity index (χ3v) is 2.82. The monoisotopic (exact) mass is 287 g/mol. The molecule has 2 aromatic rings. The molecule has 0 aliphatic carbocycles. The number of nitrogens with one attached hydrogen (secondary N) is 2. The number of hydrogen-bond donors (Lipinski definition) is 2. The van der Waals surface area contributed by atoms with E-state index >= 15 is 0 Å². The van der Waals surface area contributed by atoms with Gasteiger partial charge in [-0.25, -0.2) is 0 Å². The lowest BCUT2D eigenvalue weighted by Crippen LogP contribution is -2.17. The van der Waals surface area contributed by atoms with E-state index in [2.05, 4.69) is 49.8 Å². The molecule has 0 saturated carbocycles. The molecule has 7 heteroatoms. The fourth-order valence-electron chi connectivity index (χ4n) is 1.76. The molecule has 2 heterocycles. The lowest BCUT2D eigenvalue weighted by atomic mass is 10.3. The number of aromatic nitrogens is 4. The van der Waals surface area contributed by atoms with E-state index in [4.69, 9.17) is 0 Å². The van der Waals surface area contributed by atoms with Crippen molar-refractivity contribution >= 4 is 11.8 Å². The van der Waals surface area contributed by atoms with Crippen LogP contribution in [0.5, 0.6) is 0 Å². The van der Waals surface area contributed by atoms with Crippen LogP contribution in [0, 0.1) is 0 Å². The van der Waals surface area contributed by atoms with Crippen LogP contribution in [0.15, 0.2) is 30.7 Å². The van der Waals surface area contributed by atoms with E-state index in [0.29, 0.717) is 12.5 Å². The molecule has 0 fully saturated rings. The fourth-order valence-corrected chi connectivity index (χ4v) is 1.76. The van der Waals surface area contributed by atoms with Gasteiger partial charge in [0, 0.05) is 25.5 Å². The predicted molar refractivity (Wildman–Crippen MR) is 83.1 cm³/mol. The van der Waals surface area contributed by atoms with Crippen molar-refractivity contribution in [1.29, 1.82) is 0 Å². The molecular formula is C14H21N7. The quantitative estimate of drug-likeness (QED) is 0.707. The third kappa shape index (κ3) is 5.70.